The lowest BCUT2D eigenvalue weighted by Crippen LogP contribution is -2.42. The molecule has 6 nitrogen and oxygen atoms in total. The number of likely N-dealkylation sites (N-methyl/N-ethyl adjacent to an activating group) is 1. The van der Waals surface area contributed by atoms with Crippen molar-refractivity contribution in [1.29, 1.82) is 0 Å². The zero-order valence-corrected chi connectivity index (χ0v) is 18.8. The summed E-state index contributed by atoms with van der Waals surface area (Å²) < 4.78 is 6.09. The van der Waals surface area contributed by atoms with Crippen LogP contribution in [-0.4, -0.2) is 43.5 Å². The van der Waals surface area contributed by atoms with Crippen molar-refractivity contribution in [2.24, 2.45) is 4.99 Å². The molecule has 1 aromatic heterocycles. The van der Waals surface area contributed by atoms with Gasteiger partial charge in [-0.2, -0.15) is 0 Å². The van der Waals surface area contributed by atoms with Gasteiger partial charge >= 0.3 is 0 Å². The van der Waals surface area contributed by atoms with Gasteiger partial charge in [-0.15, -0.1) is 11.3 Å². The molecule has 1 heterocycles. The lowest BCUT2D eigenvalue weighted by Gasteiger charge is -2.17. The zero-order chi connectivity index (χ0) is 21.2. The van der Waals surface area contributed by atoms with Crippen LogP contribution in [-0.2, 0) is 17.9 Å². The van der Waals surface area contributed by atoms with Crippen LogP contribution in [0.25, 0.3) is 0 Å². The molecular weight excluding hydrogens is 384 g/mol. The van der Waals surface area contributed by atoms with Gasteiger partial charge in [0.2, 0.25) is 5.91 Å². The highest BCUT2D eigenvalue weighted by molar-refractivity contribution is 7.09. The number of carbonyl (C=O) groups excluding carboxylic acids is 1. The Morgan fingerprint density at radius 3 is 2.72 bits per heavy atom. The van der Waals surface area contributed by atoms with E-state index in [1.54, 1.807) is 30.3 Å². The molecule has 29 heavy (non-hydrogen) atoms. The van der Waals surface area contributed by atoms with E-state index in [-0.39, 0.29) is 18.6 Å². The van der Waals surface area contributed by atoms with E-state index in [1.807, 2.05) is 11.4 Å². The second kappa shape index (κ2) is 11.5. The molecule has 2 N–H and O–H groups in total. The summed E-state index contributed by atoms with van der Waals surface area (Å²) in [5, 5.41) is 8.48. The third-order valence-electron chi connectivity index (χ3n) is 4.45. The molecule has 158 valence electrons. The maximum Gasteiger partial charge on any atom is 0.241 e. The van der Waals surface area contributed by atoms with Gasteiger partial charge in [-0.3, -0.25) is 4.79 Å². The van der Waals surface area contributed by atoms with Gasteiger partial charge in [0.15, 0.2) is 5.96 Å². The molecule has 1 amide bonds. The van der Waals surface area contributed by atoms with Gasteiger partial charge in [0.05, 0.1) is 25.7 Å². The monoisotopic (exact) mass is 416 g/mol. The summed E-state index contributed by atoms with van der Waals surface area (Å²) in [5.74, 6) is 1.46. The van der Waals surface area contributed by atoms with Crippen molar-refractivity contribution in [2.75, 3.05) is 20.6 Å². The number of aryl methyl sites for hydroxylation is 1. The van der Waals surface area contributed by atoms with Gasteiger partial charge in [0.25, 0.3) is 0 Å². The van der Waals surface area contributed by atoms with Crippen molar-refractivity contribution in [2.45, 2.75) is 46.4 Å². The number of carbonyl (C=O) groups is 1. The van der Waals surface area contributed by atoms with Crippen molar-refractivity contribution in [3.05, 3.63) is 51.7 Å². The summed E-state index contributed by atoms with van der Waals surface area (Å²) in [6.07, 6.45) is 1.09. The van der Waals surface area contributed by atoms with E-state index in [0.717, 1.165) is 23.3 Å². The molecule has 0 bridgehead atoms. The Balaban J connectivity index is 2.13. The smallest absolute Gasteiger partial charge is 0.241 e. The van der Waals surface area contributed by atoms with Gasteiger partial charge in [-0.25, -0.2) is 4.99 Å². The number of rotatable bonds is 9. The van der Waals surface area contributed by atoms with Crippen molar-refractivity contribution in [1.82, 2.24) is 15.5 Å². The Kier molecular flexibility index (Phi) is 8.99. The number of nitrogens with one attached hydrogen (secondary N) is 2. The second-order valence-electron chi connectivity index (χ2n) is 7.19. The van der Waals surface area contributed by atoms with Crippen molar-refractivity contribution in [3.8, 4) is 5.75 Å². The summed E-state index contributed by atoms with van der Waals surface area (Å²) in [6, 6.07) is 10.3. The molecule has 0 radical (unpaired) electrons. The molecular formula is C22H32N4O2S. The third kappa shape index (κ3) is 7.77. The van der Waals surface area contributed by atoms with Crippen LogP contribution in [0.3, 0.4) is 0 Å². The molecule has 1 atom stereocenters. The first-order chi connectivity index (χ1) is 13.9. The average molecular weight is 417 g/mol. The molecule has 0 aliphatic rings. The standard InChI is InChI=1S/C22H32N4O2S/c1-6-17(3)28-20-12-16(2)9-10-18(20)13-23-22(25-15-21(27)26(4)5)24-14-19-8-7-11-29-19/h7-12,17H,6,13-15H2,1-5H3,(H2,23,24,25). The molecule has 1 unspecified atom stereocenters. The van der Waals surface area contributed by atoms with E-state index < -0.39 is 0 Å². The first kappa shape index (κ1) is 22.7. The fourth-order valence-electron chi connectivity index (χ4n) is 2.44. The first-order valence-electron chi connectivity index (χ1n) is 9.90. The molecule has 0 saturated heterocycles. The number of hydrogen-bond acceptors (Lipinski definition) is 4. The molecule has 0 saturated carbocycles. The van der Waals surface area contributed by atoms with E-state index in [9.17, 15) is 4.79 Å². The third-order valence-corrected chi connectivity index (χ3v) is 5.33. The zero-order valence-electron chi connectivity index (χ0n) is 18.0. The second-order valence-corrected chi connectivity index (χ2v) is 8.22. The molecule has 1 aromatic carbocycles. The Bertz CT molecular complexity index is 803. The Hall–Kier alpha value is -2.54. The molecule has 0 fully saturated rings. The van der Waals surface area contributed by atoms with Crippen LogP contribution >= 0.6 is 11.3 Å². The largest absolute Gasteiger partial charge is 0.490 e. The summed E-state index contributed by atoms with van der Waals surface area (Å²) in [6.45, 7) is 7.53. The van der Waals surface area contributed by atoms with E-state index in [1.165, 1.54) is 4.88 Å². The topological polar surface area (TPSA) is 66.0 Å². The molecule has 0 aliphatic heterocycles. The quantitative estimate of drug-likeness (QED) is 0.485. The Morgan fingerprint density at radius 1 is 1.28 bits per heavy atom. The van der Waals surface area contributed by atoms with E-state index in [4.69, 9.17) is 9.73 Å². The predicted molar refractivity (Wildman–Crippen MR) is 121 cm³/mol. The van der Waals surface area contributed by atoms with Crippen LogP contribution in [0, 0.1) is 6.92 Å². The number of amides is 1. The Morgan fingerprint density at radius 2 is 2.07 bits per heavy atom. The van der Waals surface area contributed by atoms with Crippen molar-refractivity contribution < 1.29 is 9.53 Å². The van der Waals surface area contributed by atoms with Crippen LogP contribution in [0.2, 0.25) is 0 Å². The number of guanidine groups is 1. The average Bonchev–Trinajstić information content (AvgIpc) is 3.21. The fourth-order valence-corrected chi connectivity index (χ4v) is 3.09. The molecule has 0 spiro atoms. The molecule has 2 rings (SSSR count). The number of thiophene rings is 1. The molecule has 7 heteroatoms. The summed E-state index contributed by atoms with van der Waals surface area (Å²) in [5.41, 5.74) is 2.17. The maximum absolute atomic E-state index is 12.0. The van der Waals surface area contributed by atoms with Crippen LogP contribution in [0.5, 0.6) is 5.75 Å². The molecule has 2 aromatic rings. The van der Waals surface area contributed by atoms with Crippen molar-refractivity contribution >= 4 is 23.2 Å². The minimum Gasteiger partial charge on any atom is -0.490 e. The van der Waals surface area contributed by atoms with Gasteiger partial charge in [-0.05, 0) is 43.3 Å². The normalized spacial score (nSPS) is 12.4. The van der Waals surface area contributed by atoms with Gasteiger partial charge < -0.3 is 20.3 Å². The molecule has 0 aliphatic carbocycles. The highest BCUT2D eigenvalue weighted by Gasteiger charge is 2.10. The predicted octanol–water partition coefficient (Wildman–Crippen LogP) is 3.56. The van der Waals surface area contributed by atoms with Crippen molar-refractivity contribution in [3.63, 3.8) is 0 Å². The van der Waals surface area contributed by atoms with E-state index in [0.29, 0.717) is 19.0 Å². The number of hydrogen-bond donors (Lipinski definition) is 2. The highest BCUT2D eigenvalue weighted by atomic mass is 32.1. The van der Waals surface area contributed by atoms with E-state index >= 15 is 0 Å². The van der Waals surface area contributed by atoms with Gasteiger partial charge in [-0.1, -0.05) is 25.1 Å². The van der Waals surface area contributed by atoms with Crippen LogP contribution in [0.4, 0.5) is 0 Å². The first-order valence-corrected chi connectivity index (χ1v) is 10.8. The number of nitrogens with zero attached hydrogens (tertiary/aromatic N) is 2. The lowest BCUT2D eigenvalue weighted by molar-refractivity contribution is -0.127. The van der Waals surface area contributed by atoms with Gasteiger partial charge in [0, 0.05) is 24.5 Å². The summed E-state index contributed by atoms with van der Waals surface area (Å²) >= 11 is 1.68. The fraction of sp³-hybridized carbons (Fsp3) is 0.455. The van der Waals surface area contributed by atoms with Crippen LogP contribution < -0.4 is 15.4 Å². The minimum atomic E-state index is -0.00764. The minimum absolute atomic E-state index is 0.00764. The summed E-state index contributed by atoms with van der Waals surface area (Å²) in [7, 11) is 3.48. The summed E-state index contributed by atoms with van der Waals surface area (Å²) in [4.78, 5) is 19.4. The maximum atomic E-state index is 12.0. The van der Waals surface area contributed by atoms with Crippen LogP contribution in [0.15, 0.2) is 40.7 Å². The van der Waals surface area contributed by atoms with E-state index in [2.05, 4.69) is 55.7 Å². The van der Waals surface area contributed by atoms with Crippen LogP contribution in [0.1, 0.15) is 36.3 Å². The number of aliphatic imine (C=N–C) groups is 1. The Labute approximate surface area is 178 Å². The van der Waals surface area contributed by atoms with Gasteiger partial charge in [0.1, 0.15) is 5.75 Å². The highest BCUT2D eigenvalue weighted by Crippen LogP contribution is 2.23. The SMILES string of the molecule is CCC(C)Oc1cc(C)ccc1CN=C(NCC(=O)N(C)C)NCc1cccs1. The lowest BCUT2D eigenvalue weighted by atomic mass is 10.1. The number of ether oxygens (including phenoxy) is 1. The number of benzene rings is 1.